The van der Waals surface area contributed by atoms with E-state index in [0.29, 0.717) is 0 Å². The summed E-state index contributed by atoms with van der Waals surface area (Å²) in [6.07, 6.45) is 0. The number of hydrogen-bond acceptors (Lipinski definition) is 4. The fourth-order valence-electron chi connectivity index (χ4n) is 2.12. The second-order valence-corrected chi connectivity index (χ2v) is 6.50. The zero-order valence-electron chi connectivity index (χ0n) is 12.6. The molecule has 0 radical (unpaired) electrons. The molecule has 0 bridgehead atoms. The maximum atomic E-state index is 4.82. The van der Waals surface area contributed by atoms with Crippen molar-refractivity contribution in [3.05, 3.63) is 63.6 Å². The van der Waals surface area contributed by atoms with Crippen LogP contribution in [0.3, 0.4) is 0 Å². The summed E-state index contributed by atoms with van der Waals surface area (Å²) in [6, 6.07) is 14.4. The van der Waals surface area contributed by atoms with Crippen molar-refractivity contribution in [3.63, 3.8) is 0 Å². The van der Waals surface area contributed by atoms with Gasteiger partial charge < -0.3 is 0 Å². The molecule has 3 rings (SSSR count). The molecule has 0 saturated carbocycles. The number of hydrogen-bond donors (Lipinski definition) is 0. The molecule has 1 aromatic carbocycles. The average molecular weight is 327 g/mol. The zero-order valence-corrected chi connectivity index (χ0v) is 14.2. The molecule has 2 aromatic heterocycles. The highest BCUT2D eigenvalue weighted by Crippen LogP contribution is 2.25. The van der Waals surface area contributed by atoms with Crippen LogP contribution < -0.4 is 4.80 Å². The lowest BCUT2D eigenvalue weighted by atomic mass is 10.1. The van der Waals surface area contributed by atoms with E-state index in [1.807, 2.05) is 36.7 Å². The van der Waals surface area contributed by atoms with E-state index in [0.717, 1.165) is 28.3 Å². The molecule has 22 heavy (non-hydrogen) atoms. The third-order valence-corrected chi connectivity index (χ3v) is 4.94. The second-order valence-electron chi connectivity index (χ2n) is 4.72. The minimum Gasteiger partial charge on any atom is -0.258 e. The van der Waals surface area contributed by atoms with Gasteiger partial charge in [0, 0.05) is 11.9 Å². The Labute approximate surface area is 137 Å². The van der Waals surface area contributed by atoms with Crippen molar-refractivity contribution >= 4 is 28.4 Å². The van der Waals surface area contributed by atoms with E-state index in [2.05, 4.69) is 40.0 Å². The van der Waals surface area contributed by atoms with Crippen molar-refractivity contribution in [3.8, 4) is 10.6 Å². The predicted octanol–water partition coefficient (Wildman–Crippen LogP) is 4.47. The fourth-order valence-corrected chi connectivity index (χ4v) is 3.81. The van der Waals surface area contributed by atoms with Crippen LogP contribution in [-0.4, -0.2) is 16.9 Å². The lowest BCUT2D eigenvalue weighted by Crippen LogP contribution is -2.14. The van der Waals surface area contributed by atoms with Crippen molar-refractivity contribution in [2.45, 2.75) is 13.8 Å². The van der Waals surface area contributed by atoms with Crippen LogP contribution in [0.4, 0.5) is 0 Å². The summed E-state index contributed by atoms with van der Waals surface area (Å²) >= 11 is 3.35. The standard InChI is InChI=1S/C17H17N3S2/c1-3-18-17-20(15(12-22-17)16-10-7-11-21-16)19-13(2)14-8-5-4-6-9-14/h4-12H,3H2,1-2H3. The van der Waals surface area contributed by atoms with Gasteiger partial charge in [-0.15, -0.1) is 22.7 Å². The van der Waals surface area contributed by atoms with Gasteiger partial charge in [0.1, 0.15) is 0 Å². The van der Waals surface area contributed by atoms with Crippen LogP contribution in [0.2, 0.25) is 0 Å². The van der Waals surface area contributed by atoms with Crippen molar-refractivity contribution in [2.75, 3.05) is 6.54 Å². The van der Waals surface area contributed by atoms with Crippen molar-refractivity contribution in [1.82, 2.24) is 4.68 Å². The smallest absolute Gasteiger partial charge is 0.206 e. The van der Waals surface area contributed by atoms with E-state index in [4.69, 9.17) is 5.10 Å². The summed E-state index contributed by atoms with van der Waals surface area (Å²) in [5.74, 6) is 0. The Morgan fingerprint density at radius 2 is 1.91 bits per heavy atom. The van der Waals surface area contributed by atoms with E-state index in [9.17, 15) is 0 Å². The van der Waals surface area contributed by atoms with Crippen LogP contribution in [0.25, 0.3) is 10.6 Å². The number of thiophene rings is 1. The van der Waals surface area contributed by atoms with Crippen LogP contribution in [0.1, 0.15) is 19.4 Å². The number of nitrogens with zero attached hydrogens (tertiary/aromatic N) is 3. The Bertz CT molecular complexity index is 824. The molecule has 5 heteroatoms. The Hall–Kier alpha value is -1.98. The zero-order chi connectivity index (χ0) is 15.4. The van der Waals surface area contributed by atoms with Gasteiger partial charge in [0.05, 0.1) is 16.3 Å². The maximum Gasteiger partial charge on any atom is 0.206 e. The first kappa shape index (κ1) is 14.9. The minimum atomic E-state index is 0.754. The van der Waals surface area contributed by atoms with Gasteiger partial charge in [-0.05, 0) is 30.9 Å². The number of thiazole rings is 1. The van der Waals surface area contributed by atoms with E-state index in [-0.39, 0.29) is 0 Å². The van der Waals surface area contributed by atoms with Gasteiger partial charge in [0.15, 0.2) is 0 Å². The van der Waals surface area contributed by atoms with E-state index < -0.39 is 0 Å². The van der Waals surface area contributed by atoms with Gasteiger partial charge >= 0.3 is 0 Å². The fraction of sp³-hybridized carbons (Fsp3) is 0.176. The number of aromatic nitrogens is 1. The van der Waals surface area contributed by atoms with E-state index >= 15 is 0 Å². The molecule has 0 fully saturated rings. The quantitative estimate of drug-likeness (QED) is 0.633. The van der Waals surface area contributed by atoms with Gasteiger partial charge in [-0.2, -0.15) is 5.10 Å². The first-order chi connectivity index (χ1) is 10.8. The van der Waals surface area contributed by atoms with E-state index in [1.54, 1.807) is 22.7 Å². The molecular weight excluding hydrogens is 310 g/mol. The first-order valence-corrected chi connectivity index (χ1v) is 8.91. The van der Waals surface area contributed by atoms with Crippen molar-refractivity contribution in [2.24, 2.45) is 10.1 Å². The molecule has 3 nitrogen and oxygen atoms in total. The molecule has 0 aliphatic carbocycles. The Balaban J connectivity index is 2.13. The molecule has 0 unspecified atom stereocenters. The Kier molecular flexibility index (Phi) is 4.65. The van der Waals surface area contributed by atoms with Crippen LogP contribution in [-0.2, 0) is 0 Å². The van der Waals surface area contributed by atoms with Gasteiger partial charge in [-0.1, -0.05) is 36.4 Å². The number of benzene rings is 1. The van der Waals surface area contributed by atoms with Crippen molar-refractivity contribution in [1.29, 1.82) is 0 Å². The van der Waals surface area contributed by atoms with Crippen LogP contribution in [0.5, 0.6) is 0 Å². The third kappa shape index (κ3) is 3.10. The lowest BCUT2D eigenvalue weighted by Gasteiger charge is -2.04. The molecule has 112 valence electrons. The monoisotopic (exact) mass is 327 g/mol. The summed E-state index contributed by atoms with van der Waals surface area (Å²) in [4.78, 5) is 6.70. The maximum absolute atomic E-state index is 4.82. The molecule has 0 N–H and O–H groups in total. The SMILES string of the molecule is CCN=c1scc(-c2cccs2)n1N=C(C)c1ccccc1. The van der Waals surface area contributed by atoms with Crippen LogP contribution >= 0.6 is 22.7 Å². The highest BCUT2D eigenvalue weighted by molar-refractivity contribution is 7.14. The average Bonchev–Trinajstić information content (AvgIpc) is 3.19. The largest absolute Gasteiger partial charge is 0.258 e. The summed E-state index contributed by atoms with van der Waals surface area (Å²) in [7, 11) is 0. The molecule has 0 aliphatic rings. The number of rotatable bonds is 4. The van der Waals surface area contributed by atoms with E-state index in [1.165, 1.54) is 4.88 Å². The van der Waals surface area contributed by atoms with Gasteiger partial charge in [0.25, 0.3) is 0 Å². The van der Waals surface area contributed by atoms with Gasteiger partial charge in [-0.25, -0.2) is 4.68 Å². The minimum absolute atomic E-state index is 0.754. The first-order valence-electron chi connectivity index (χ1n) is 7.15. The Morgan fingerprint density at radius 1 is 1.09 bits per heavy atom. The normalized spacial score (nSPS) is 12.8. The molecule has 0 aliphatic heterocycles. The summed E-state index contributed by atoms with van der Waals surface area (Å²) in [5, 5.41) is 9.03. The van der Waals surface area contributed by atoms with Crippen LogP contribution in [0, 0.1) is 0 Å². The molecule has 3 aromatic rings. The molecule has 0 spiro atoms. The molecule has 2 heterocycles. The van der Waals surface area contributed by atoms with Gasteiger partial charge in [0.2, 0.25) is 4.80 Å². The predicted molar refractivity (Wildman–Crippen MR) is 95.8 cm³/mol. The Morgan fingerprint density at radius 3 is 2.59 bits per heavy atom. The topological polar surface area (TPSA) is 29.6 Å². The molecule has 0 amide bonds. The van der Waals surface area contributed by atoms with Crippen LogP contribution in [0.15, 0.2) is 63.3 Å². The highest BCUT2D eigenvalue weighted by atomic mass is 32.1. The molecular formula is C17H17N3S2. The third-order valence-electron chi connectivity index (χ3n) is 3.19. The highest BCUT2D eigenvalue weighted by Gasteiger charge is 2.09. The summed E-state index contributed by atoms with van der Waals surface area (Å²) in [6.45, 7) is 4.83. The summed E-state index contributed by atoms with van der Waals surface area (Å²) in [5.41, 5.74) is 3.21. The van der Waals surface area contributed by atoms with Crippen molar-refractivity contribution < 1.29 is 0 Å². The second kappa shape index (κ2) is 6.85. The molecule has 0 atom stereocenters. The van der Waals surface area contributed by atoms with Gasteiger partial charge in [-0.3, -0.25) is 4.99 Å². The summed E-state index contributed by atoms with van der Waals surface area (Å²) < 4.78 is 1.96. The molecule has 0 saturated heterocycles. The lowest BCUT2D eigenvalue weighted by molar-refractivity contribution is 0.829.